The number of aromatic amines is 1. The topological polar surface area (TPSA) is 122 Å². The fraction of sp³-hybridized carbons (Fsp3) is 0. The molecule has 0 fully saturated rings. The zero-order chi connectivity index (χ0) is 21.8. The quantitative estimate of drug-likeness (QED) is 0.519. The molecule has 4 aromatic rings. The number of carbonyl (C=O) groups excluding carboxylic acids is 1. The van der Waals surface area contributed by atoms with Crippen molar-refractivity contribution in [2.75, 3.05) is 0 Å². The van der Waals surface area contributed by atoms with Crippen molar-refractivity contribution in [3.05, 3.63) is 101 Å². The molecule has 0 aliphatic carbocycles. The van der Waals surface area contributed by atoms with Crippen LogP contribution in [0.3, 0.4) is 0 Å². The number of nitriles is 1. The first-order valence-corrected chi connectivity index (χ1v) is 9.32. The molecule has 0 aliphatic heterocycles. The van der Waals surface area contributed by atoms with Gasteiger partial charge in [0.1, 0.15) is 17.2 Å². The van der Waals surface area contributed by atoms with Crippen LogP contribution in [0.25, 0.3) is 22.4 Å². The highest BCUT2D eigenvalue weighted by atomic mass is 16.5. The summed E-state index contributed by atoms with van der Waals surface area (Å²) in [5.74, 6) is 0.523. The third-order valence-corrected chi connectivity index (χ3v) is 4.58. The number of amides is 1. The van der Waals surface area contributed by atoms with Crippen molar-refractivity contribution in [1.29, 1.82) is 5.26 Å². The first-order chi connectivity index (χ1) is 15.0. The third-order valence-electron chi connectivity index (χ3n) is 4.58. The second-order valence-electron chi connectivity index (χ2n) is 6.66. The molecule has 0 saturated heterocycles. The number of hydrogen-bond acceptors (Lipinski definition) is 5. The first kappa shape index (κ1) is 19.6. The number of hydrogen-bond donors (Lipinski definition) is 2. The second-order valence-corrected chi connectivity index (χ2v) is 6.66. The van der Waals surface area contributed by atoms with Gasteiger partial charge in [-0.2, -0.15) is 5.26 Å². The molecule has 4 rings (SSSR count). The van der Waals surface area contributed by atoms with Crippen molar-refractivity contribution in [1.82, 2.24) is 9.97 Å². The van der Waals surface area contributed by atoms with Crippen LogP contribution in [0.1, 0.15) is 16.1 Å². The lowest BCUT2D eigenvalue weighted by Crippen LogP contribution is -2.12. The van der Waals surface area contributed by atoms with Gasteiger partial charge < -0.3 is 15.5 Å². The molecule has 0 bridgehead atoms. The zero-order valence-corrected chi connectivity index (χ0v) is 16.2. The molecular weight excluding hydrogens is 392 g/mol. The maximum absolute atomic E-state index is 11.4. The van der Waals surface area contributed by atoms with Gasteiger partial charge in [-0.05, 0) is 60.7 Å². The first-order valence-electron chi connectivity index (χ1n) is 9.32. The molecule has 31 heavy (non-hydrogen) atoms. The molecule has 0 atom stereocenters. The Kier molecular flexibility index (Phi) is 5.28. The fourth-order valence-electron chi connectivity index (χ4n) is 3.05. The van der Waals surface area contributed by atoms with Gasteiger partial charge in [0, 0.05) is 29.0 Å². The largest absolute Gasteiger partial charge is 0.457 e. The highest BCUT2D eigenvalue weighted by Gasteiger charge is 2.11. The molecule has 2 heterocycles. The van der Waals surface area contributed by atoms with Gasteiger partial charge in [0.15, 0.2) is 0 Å². The smallest absolute Gasteiger partial charge is 0.267 e. The Bertz CT molecular complexity index is 1350. The van der Waals surface area contributed by atoms with E-state index in [1.807, 2.05) is 12.1 Å². The zero-order valence-electron chi connectivity index (χ0n) is 16.2. The molecule has 1 amide bonds. The number of H-pyrrole nitrogens is 1. The van der Waals surface area contributed by atoms with Gasteiger partial charge in [0.25, 0.3) is 5.91 Å². The lowest BCUT2D eigenvalue weighted by atomic mass is 10.0. The van der Waals surface area contributed by atoms with E-state index >= 15 is 0 Å². The number of carbonyl (C=O) groups is 1. The number of ether oxygens (including phenoxy) is 1. The van der Waals surface area contributed by atoms with Gasteiger partial charge >= 0.3 is 0 Å². The standard InChI is InChI=1S/C24H16N4O3/c25-13-15-4-10-22(19(12-15)17-7-11-23(29)27-14-17)31-18-8-5-16(6-9-18)20-2-1-3-21(28-20)24(26)30/h1-12,14H,(H2,26,30)(H,27,29). The van der Waals surface area contributed by atoms with Crippen LogP contribution in [0.15, 0.2) is 83.8 Å². The summed E-state index contributed by atoms with van der Waals surface area (Å²) in [5.41, 5.74) is 8.57. The van der Waals surface area contributed by atoms with Gasteiger partial charge in [-0.15, -0.1) is 0 Å². The number of nitrogens with one attached hydrogen (secondary N) is 1. The third kappa shape index (κ3) is 4.33. The Morgan fingerprint density at radius 2 is 1.77 bits per heavy atom. The summed E-state index contributed by atoms with van der Waals surface area (Å²) < 4.78 is 6.05. The number of aromatic nitrogens is 2. The Hall–Kier alpha value is -4.70. The van der Waals surface area contributed by atoms with Crippen LogP contribution in [0.4, 0.5) is 0 Å². The van der Waals surface area contributed by atoms with Crippen LogP contribution in [-0.4, -0.2) is 15.9 Å². The SMILES string of the molecule is N#Cc1ccc(Oc2ccc(-c3cccc(C(N)=O)n3)cc2)c(-c2ccc(=O)[nH]c2)c1. The molecule has 0 unspecified atom stereocenters. The molecule has 150 valence electrons. The van der Waals surface area contributed by atoms with E-state index in [-0.39, 0.29) is 11.3 Å². The van der Waals surface area contributed by atoms with E-state index in [4.69, 9.17) is 10.5 Å². The highest BCUT2D eigenvalue weighted by molar-refractivity contribution is 5.91. The molecular formula is C24H16N4O3. The number of nitrogens with zero attached hydrogens (tertiary/aromatic N) is 2. The Balaban J connectivity index is 1.65. The summed E-state index contributed by atoms with van der Waals surface area (Å²) in [5, 5.41) is 9.24. The molecule has 7 heteroatoms. The molecule has 0 aliphatic rings. The predicted molar refractivity (Wildman–Crippen MR) is 115 cm³/mol. The molecule has 2 aromatic heterocycles. The van der Waals surface area contributed by atoms with E-state index in [9.17, 15) is 14.9 Å². The van der Waals surface area contributed by atoms with Crippen molar-refractivity contribution in [2.45, 2.75) is 0 Å². The Morgan fingerprint density at radius 3 is 2.45 bits per heavy atom. The maximum atomic E-state index is 11.4. The lowest BCUT2D eigenvalue weighted by molar-refractivity contribution is 0.0995. The number of nitrogens with two attached hydrogens (primary N) is 1. The average molecular weight is 408 g/mol. The van der Waals surface area contributed by atoms with E-state index in [1.54, 1.807) is 60.8 Å². The monoisotopic (exact) mass is 408 g/mol. The Labute approximate surface area is 177 Å². The summed E-state index contributed by atoms with van der Waals surface area (Å²) >= 11 is 0. The molecule has 7 nitrogen and oxygen atoms in total. The number of benzene rings is 2. The van der Waals surface area contributed by atoms with Gasteiger partial charge in [-0.3, -0.25) is 9.59 Å². The summed E-state index contributed by atoms with van der Waals surface area (Å²) in [6.45, 7) is 0. The van der Waals surface area contributed by atoms with Gasteiger partial charge in [0.2, 0.25) is 5.56 Å². The summed E-state index contributed by atoms with van der Waals surface area (Å²) in [6, 6.07) is 22.6. The molecule has 0 spiro atoms. The molecule has 2 aromatic carbocycles. The van der Waals surface area contributed by atoms with Crippen LogP contribution in [-0.2, 0) is 0 Å². The van der Waals surface area contributed by atoms with Crippen molar-refractivity contribution < 1.29 is 9.53 Å². The normalized spacial score (nSPS) is 10.3. The van der Waals surface area contributed by atoms with E-state index < -0.39 is 5.91 Å². The number of primary amides is 1. The van der Waals surface area contributed by atoms with Crippen molar-refractivity contribution >= 4 is 5.91 Å². The maximum Gasteiger partial charge on any atom is 0.267 e. The average Bonchev–Trinajstić information content (AvgIpc) is 2.80. The molecule has 3 N–H and O–H groups in total. The van der Waals surface area contributed by atoms with Crippen molar-refractivity contribution in [2.24, 2.45) is 5.73 Å². The summed E-state index contributed by atoms with van der Waals surface area (Å²) in [7, 11) is 0. The van der Waals surface area contributed by atoms with Gasteiger partial charge in [-0.1, -0.05) is 6.07 Å². The van der Waals surface area contributed by atoms with Crippen LogP contribution < -0.4 is 16.0 Å². The fourth-order valence-corrected chi connectivity index (χ4v) is 3.05. The predicted octanol–water partition coefficient (Wildman–Crippen LogP) is 3.87. The van der Waals surface area contributed by atoms with Crippen LogP contribution >= 0.6 is 0 Å². The van der Waals surface area contributed by atoms with Gasteiger partial charge in [0.05, 0.1) is 17.3 Å². The van der Waals surface area contributed by atoms with E-state index in [2.05, 4.69) is 16.0 Å². The lowest BCUT2D eigenvalue weighted by Gasteiger charge is -2.12. The number of rotatable bonds is 5. The molecule has 0 saturated carbocycles. The minimum atomic E-state index is -0.586. The van der Waals surface area contributed by atoms with Crippen molar-refractivity contribution in [3.63, 3.8) is 0 Å². The van der Waals surface area contributed by atoms with E-state index in [1.165, 1.54) is 6.07 Å². The minimum Gasteiger partial charge on any atom is -0.457 e. The minimum absolute atomic E-state index is 0.195. The summed E-state index contributed by atoms with van der Waals surface area (Å²) in [6.07, 6.45) is 1.58. The van der Waals surface area contributed by atoms with Crippen LogP contribution in [0.5, 0.6) is 11.5 Å². The van der Waals surface area contributed by atoms with Crippen molar-refractivity contribution in [3.8, 4) is 40.0 Å². The Morgan fingerprint density at radius 1 is 1.00 bits per heavy atom. The second kappa shape index (κ2) is 8.35. The highest BCUT2D eigenvalue weighted by Crippen LogP contribution is 2.34. The molecule has 0 radical (unpaired) electrons. The van der Waals surface area contributed by atoms with Gasteiger partial charge in [-0.25, -0.2) is 4.98 Å². The van der Waals surface area contributed by atoms with Crippen LogP contribution in [0.2, 0.25) is 0 Å². The summed E-state index contributed by atoms with van der Waals surface area (Å²) in [4.78, 5) is 29.6. The van der Waals surface area contributed by atoms with Crippen LogP contribution in [0, 0.1) is 11.3 Å². The number of pyridine rings is 2. The van der Waals surface area contributed by atoms with E-state index in [0.717, 1.165) is 11.1 Å². The van der Waals surface area contributed by atoms with E-state index in [0.29, 0.717) is 28.3 Å².